The van der Waals surface area contributed by atoms with E-state index in [1.807, 2.05) is 13.0 Å². The third-order valence-corrected chi connectivity index (χ3v) is 4.95. The van der Waals surface area contributed by atoms with Crippen LogP contribution in [0.5, 0.6) is 0 Å². The fraction of sp³-hybridized carbons (Fsp3) is 0.188. The van der Waals surface area contributed by atoms with Crippen LogP contribution in [0.4, 0.5) is 5.69 Å². The number of carbonyl (C=O) groups excluding carboxylic acids is 1. The van der Waals surface area contributed by atoms with E-state index in [9.17, 15) is 13.2 Å². The van der Waals surface area contributed by atoms with Gasteiger partial charge in [0.2, 0.25) is 5.91 Å². The van der Waals surface area contributed by atoms with Gasteiger partial charge in [-0.25, -0.2) is 12.7 Å². The number of aryl methyl sites for hydroxylation is 2. The second-order valence-corrected chi connectivity index (χ2v) is 6.68. The molecule has 0 fully saturated rings. The molecule has 5 heteroatoms. The van der Waals surface area contributed by atoms with Crippen molar-refractivity contribution in [1.82, 2.24) is 0 Å². The molecular formula is C16H17NO3S. The second kappa shape index (κ2) is 5.69. The van der Waals surface area contributed by atoms with Crippen molar-refractivity contribution in [3.8, 4) is 0 Å². The smallest absolute Gasteiger partial charge is 0.270 e. The summed E-state index contributed by atoms with van der Waals surface area (Å²) in [6.45, 7) is 4.89. The summed E-state index contributed by atoms with van der Waals surface area (Å²) >= 11 is 0. The van der Waals surface area contributed by atoms with E-state index in [4.69, 9.17) is 0 Å². The van der Waals surface area contributed by atoms with Gasteiger partial charge in [0.15, 0.2) is 0 Å². The van der Waals surface area contributed by atoms with E-state index in [1.54, 1.807) is 37.3 Å². The monoisotopic (exact) mass is 303 g/mol. The van der Waals surface area contributed by atoms with Crippen molar-refractivity contribution in [1.29, 1.82) is 0 Å². The Bertz CT molecular complexity index is 767. The van der Waals surface area contributed by atoms with Gasteiger partial charge in [-0.15, -0.1) is 0 Å². The first-order chi connectivity index (χ1) is 9.84. The Labute approximate surface area is 125 Å². The number of carbonyl (C=O) groups is 1. The van der Waals surface area contributed by atoms with Gasteiger partial charge in [-0.1, -0.05) is 30.3 Å². The number of rotatable bonds is 3. The quantitative estimate of drug-likeness (QED) is 0.875. The Morgan fingerprint density at radius 2 is 1.62 bits per heavy atom. The van der Waals surface area contributed by atoms with Crippen LogP contribution in [0.1, 0.15) is 18.1 Å². The number of hydrogen-bond acceptors (Lipinski definition) is 3. The standard InChI is InChI=1S/C16H17NO3S/c1-12-9-10-13(2)16(11-12)17(14(3)18)21(19,20)15-7-5-4-6-8-15/h4-11H,1-3H3. The van der Waals surface area contributed by atoms with E-state index in [0.29, 0.717) is 5.69 Å². The molecule has 0 bridgehead atoms. The number of nitrogens with zero attached hydrogens (tertiary/aromatic N) is 1. The first-order valence-corrected chi connectivity index (χ1v) is 7.96. The summed E-state index contributed by atoms with van der Waals surface area (Å²) in [5.74, 6) is -0.535. The van der Waals surface area contributed by atoms with Gasteiger partial charge < -0.3 is 0 Å². The molecule has 21 heavy (non-hydrogen) atoms. The zero-order chi connectivity index (χ0) is 15.6. The van der Waals surface area contributed by atoms with Gasteiger partial charge in [0.1, 0.15) is 0 Å². The van der Waals surface area contributed by atoms with Crippen molar-refractivity contribution >= 4 is 21.6 Å². The maximum atomic E-state index is 12.7. The fourth-order valence-electron chi connectivity index (χ4n) is 2.10. The Morgan fingerprint density at radius 3 is 2.19 bits per heavy atom. The highest BCUT2D eigenvalue weighted by Crippen LogP contribution is 2.27. The van der Waals surface area contributed by atoms with Crippen LogP contribution in [0.2, 0.25) is 0 Å². The molecular weight excluding hydrogens is 286 g/mol. The number of benzene rings is 2. The molecule has 0 aliphatic rings. The summed E-state index contributed by atoms with van der Waals surface area (Å²) in [6.07, 6.45) is 0. The highest BCUT2D eigenvalue weighted by molar-refractivity contribution is 7.93. The van der Waals surface area contributed by atoms with Gasteiger partial charge in [-0.2, -0.15) is 0 Å². The predicted octanol–water partition coefficient (Wildman–Crippen LogP) is 3.05. The maximum Gasteiger partial charge on any atom is 0.270 e. The summed E-state index contributed by atoms with van der Waals surface area (Å²) in [5, 5.41) is 0. The van der Waals surface area contributed by atoms with Crippen molar-refractivity contribution in [2.75, 3.05) is 4.31 Å². The van der Waals surface area contributed by atoms with Crippen LogP contribution >= 0.6 is 0 Å². The van der Waals surface area contributed by atoms with Gasteiger partial charge in [0, 0.05) is 6.92 Å². The van der Waals surface area contributed by atoms with Gasteiger partial charge in [-0.05, 0) is 43.2 Å². The lowest BCUT2D eigenvalue weighted by molar-refractivity contribution is -0.115. The van der Waals surface area contributed by atoms with Crippen LogP contribution in [0, 0.1) is 13.8 Å². The lowest BCUT2D eigenvalue weighted by Gasteiger charge is -2.23. The molecule has 0 aliphatic heterocycles. The summed E-state index contributed by atoms with van der Waals surface area (Å²) in [7, 11) is -3.91. The molecule has 0 aromatic heterocycles. The van der Waals surface area contributed by atoms with Gasteiger partial charge in [0.05, 0.1) is 10.6 Å². The zero-order valence-electron chi connectivity index (χ0n) is 12.2. The molecule has 0 aliphatic carbocycles. The minimum atomic E-state index is -3.91. The maximum absolute atomic E-state index is 12.7. The van der Waals surface area contributed by atoms with E-state index < -0.39 is 15.9 Å². The summed E-state index contributed by atoms with van der Waals surface area (Å²) < 4.78 is 26.4. The molecule has 2 aromatic rings. The van der Waals surface area contributed by atoms with E-state index in [-0.39, 0.29) is 4.90 Å². The first kappa shape index (κ1) is 15.3. The number of hydrogen-bond donors (Lipinski definition) is 0. The van der Waals surface area contributed by atoms with Crippen molar-refractivity contribution in [3.05, 3.63) is 59.7 Å². The molecule has 0 heterocycles. The van der Waals surface area contributed by atoms with Crippen LogP contribution in [0.15, 0.2) is 53.4 Å². The lowest BCUT2D eigenvalue weighted by Crippen LogP contribution is -2.35. The van der Waals surface area contributed by atoms with Crippen LogP contribution in [0.25, 0.3) is 0 Å². The first-order valence-electron chi connectivity index (χ1n) is 6.52. The average molecular weight is 303 g/mol. The van der Waals surface area contributed by atoms with Crippen molar-refractivity contribution in [2.24, 2.45) is 0 Å². The van der Waals surface area contributed by atoms with E-state index in [1.165, 1.54) is 19.1 Å². The molecule has 110 valence electrons. The third kappa shape index (κ3) is 2.97. The molecule has 1 amide bonds. The number of sulfonamides is 1. The summed E-state index contributed by atoms with van der Waals surface area (Å²) in [6, 6.07) is 13.4. The molecule has 0 saturated carbocycles. The molecule has 0 spiro atoms. The third-order valence-electron chi connectivity index (χ3n) is 3.15. The summed E-state index contributed by atoms with van der Waals surface area (Å²) in [5.41, 5.74) is 2.02. The molecule has 2 rings (SSSR count). The van der Waals surface area contributed by atoms with Crippen LogP contribution in [-0.4, -0.2) is 14.3 Å². The Morgan fingerprint density at radius 1 is 1.00 bits per heavy atom. The average Bonchev–Trinajstić information content (AvgIpc) is 2.43. The normalized spacial score (nSPS) is 11.2. The van der Waals surface area contributed by atoms with Gasteiger partial charge in [0.25, 0.3) is 10.0 Å². The summed E-state index contributed by atoms with van der Waals surface area (Å²) in [4.78, 5) is 12.1. The van der Waals surface area contributed by atoms with Gasteiger partial charge >= 0.3 is 0 Å². The van der Waals surface area contributed by atoms with Crippen molar-refractivity contribution in [3.63, 3.8) is 0 Å². The van der Waals surface area contributed by atoms with Crippen molar-refractivity contribution in [2.45, 2.75) is 25.7 Å². The highest BCUT2D eigenvalue weighted by Gasteiger charge is 2.29. The fourth-order valence-corrected chi connectivity index (χ4v) is 3.61. The van der Waals surface area contributed by atoms with E-state index in [2.05, 4.69) is 0 Å². The second-order valence-electron chi connectivity index (χ2n) is 4.89. The van der Waals surface area contributed by atoms with E-state index >= 15 is 0 Å². The predicted molar refractivity (Wildman–Crippen MR) is 82.7 cm³/mol. The van der Waals surface area contributed by atoms with Crippen molar-refractivity contribution < 1.29 is 13.2 Å². The molecule has 0 atom stereocenters. The molecule has 4 nitrogen and oxygen atoms in total. The number of amides is 1. The lowest BCUT2D eigenvalue weighted by atomic mass is 10.1. The molecule has 0 saturated heterocycles. The molecule has 0 N–H and O–H groups in total. The van der Waals surface area contributed by atoms with Crippen LogP contribution in [-0.2, 0) is 14.8 Å². The highest BCUT2D eigenvalue weighted by atomic mass is 32.2. The Kier molecular flexibility index (Phi) is 4.14. The Balaban J connectivity index is 2.65. The molecule has 2 aromatic carbocycles. The molecule has 0 radical (unpaired) electrons. The van der Waals surface area contributed by atoms with Crippen LogP contribution in [0.3, 0.4) is 0 Å². The zero-order valence-corrected chi connectivity index (χ0v) is 13.0. The minimum absolute atomic E-state index is 0.0982. The number of anilines is 1. The Hall–Kier alpha value is -2.14. The van der Waals surface area contributed by atoms with E-state index in [0.717, 1.165) is 15.4 Å². The SMILES string of the molecule is CC(=O)N(c1cc(C)ccc1C)S(=O)(=O)c1ccccc1. The minimum Gasteiger partial charge on any atom is -0.274 e. The topological polar surface area (TPSA) is 54.5 Å². The van der Waals surface area contributed by atoms with Gasteiger partial charge in [-0.3, -0.25) is 4.79 Å². The largest absolute Gasteiger partial charge is 0.274 e. The molecule has 0 unspecified atom stereocenters. The van der Waals surface area contributed by atoms with Crippen LogP contribution < -0.4 is 4.31 Å².